The number of aromatic amines is 1. The highest BCUT2D eigenvalue weighted by atomic mass is 16.6. The van der Waals surface area contributed by atoms with Gasteiger partial charge in [0.2, 0.25) is 11.8 Å². The zero-order valence-electron chi connectivity index (χ0n) is 15.1. The van der Waals surface area contributed by atoms with E-state index in [0.717, 1.165) is 0 Å². The van der Waals surface area contributed by atoms with E-state index in [1.807, 2.05) is 6.07 Å². The number of fused-ring (bicyclic) bond motifs is 1. The number of ether oxygens (including phenoxy) is 1. The summed E-state index contributed by atoms with van der Waals surface area (Å²) in [5, 5.41) is 38.7. The molecule has 3 N–H and O–H groups in total. The van der Waals surface area contributed by atoms with Gasteiger partial charge in [0.15, 0.2) is 0 Å². The molecule has 30 heavy (non-hydrogen) atoms. The van der Waals surface area contributed by atoms with Crippen LogP contribution in [0.1, 0.15) is 17.0 Å². The van der Waals surface area contributed by atoms with E-state index in [-0.39, 0.29) is 28.7 Å². The van der Waals surface area contributed by atoms with Crippen LogP contribution in [0, 0.1) is 31.6 Å². The van der Waals surface area contributed by atoms with Gasteiger partial charge in [-0.25, -0.2) is 0 Å². The molecule has 1 aliphatic heterocycles. The molecule has 1 aliphatic rings. The standard InChI is InChI=1S/C19H12N6O5/c20-9-14-15(10-4-6-12(7-5-10)24(26)27)16-17(22-23-19(16)30-18(14)21)11-2-1-3-13(8-11)25(28)29/h1-8,15H,21H2,(H,22,23). The molecule has 2 heterocycles. The minimum Gasteiger partial charge on any atom is -0.420 e. The van der Waals surface area contributed by atoms with Crippen LogP contribution in [0.2, 0.25) is 0 Å². The summed E-state index contributed by atoms with van der Waals surface area (Å²) in [5.41, 5.74) is 7.67. The third-order valence-electron chi connectivity index (χ3n) is 4.72. The number of nitrogens with two attached hydrogens (primary N) is 1. The maximum Gasteiger partial charge on any atom is 0.270 e. The van der Waals surface area contributed by atoms with Gasteiger partial charge in [-0.1, -0.05) is 24.3 Å². The van der Waals surface area contributed by atoms with Crippen LogP contribution in [0.25, 0.3) is 11.3 Å². The molecule has 0 aliphatic carbocycles. The van der Waals surface area contributed by atoms with Gasteiger partial charge in [-0.2, -0.15) is 5.26 Å². The number of allylic oxidation sites excluding steroid dienone is 1. The third-order valence-corrected chi connectivity index (χ3v) is 4.72. The average molecular weight is 404 g/mol. The number of benzene rings is 2. The summed E-state index contributed by atoms with van der Waals surface area (Å²) >= 11 is 0. The van der Waals surface area contributed by atoms with Gasteiger partial charge in [-0.05, 0) is 5.56 Å². The van der Waals surface area contributed by atoms with Crippen molar-refractivity contribution in [2.24, 2.45) is 5.73 Å². The number of nitrogens with one attached hydrogen (secondary N) is 1. The minimum atomic E-state index is -0.729. The van der Waals surface area contributed by atoms with Gasteiger partial charge >= 0.3 is 0 Å². The lowest BCUT2D eigenvalue weighted by atomic mass is 9.83. The quantitative estimate of drug-likeness (QED) is 0.492. The van der Waals surface area contributed by atoms with Crippen LogP contribution in [-0.4, -0.2) is 20.0 Å². The van der Waals surface area contributed by atoms with E-state index in [4.69, 9.17) is 10.5 Å². The molecule has 4 rings (SSSR count). The van der Waals surface area contributed by atoms with Crippen molar-refractivity contribution in [3.8, 4) is 23.2 Å². The number of H-pyrrole nitrogens is 1. The van der Waals surface area contributed by atoms with Crippen molar-refractivity contribution < 1.29 is 14.6 Å². The molecule has 0 saturated heterocycles. The zero-order valence-corrected chi connectivity index (χ0v) is 15.1. The molecule has 1 atom stereocenters. The Hall–Kier alpha value is -4.72. The number of hydrogen-bond acceptors (Lipinski definition) is 8. The van der Waals surface area contributed by atoms with Crippen LogP contribution in [0.5, 0.6) is 5.88 Å². The second kappa shape index (κ2) is 7.02. The van der Waals surface area contributed by atoms with Gasteiger partial charge in [-0.15, -0.1) is 5.10 Å². The predicted octanol–water partition coefficient (Wildman–Crippen LogP) is 3.11. The zero-order chi connectivity index (χ0) is 21.4. The average Bonchev–Trinajstić information content (AvgIpc) is 3.16. The monoisotopic (exact) mass is 404 g/mol. The van der Waals surface area contributed by atoms with Crippen molar-refractivity contribution in [1.29, 1.82) is 5.26 Å². The number of hydrogen-bond donors (Lipinski definition) is 2. The van der Waals surface area contributed by atoms with Crippen molar-refractivity contribution in [2.75, 3.05) is 0 Å². The van der Waals surface area contributed by atoms with Crippen LogP contribution in [0.15, 0.2) is 60.0 Å². The van der Waals surface area contributed by atoms with E-state index in [1.165, 1.54) is 42.5 Å². The number of nitro benzene ring substituents is 2. The summed E-state index contributed by atoms with van der Waals surface area (Å²) < 4.78 is 5.48. The Morgan fingerprint density at radius 3 is 2.43 bits per heavy atom. The first-order valence-corrected chi connectivity index (χ1v) is 8.55. The fraction of sp³-hybridized carbons (Fsp3) is 0.0526. The number of non-ortho nitro benzene ring substituents is 2. The van der Waals surface area contributed by atoms with Gasteiger partial charge in [-0.3, -0.25) is 25.3 Å². The lowest BCUT2D eigenvalue weighted by molar-refractivity contribution is -0.385. The molecule has 11 heteroatoms. The lowest BCUT2D eigenvalue weighted by Gasteiger charge is -2.24. The Morgan fingerprint density at radius 2 is 1.80 bits per heavy atom. The summed E-state index contributed by atoms with van der Waals surface area (Å²) in [6.45, 7) is 0. The lowest BCUT2D eigenvalue weighted by Crippen LogP contribution is -2.21. The largest absolute Gasteiger partial charge is 0.420 e. The van der Waals surface area contributed by atoms with Gasteiger partial charge in [0.1, 0.15) is 11.6 Å². The van der Waals surface area contributed by atoms with Gasteiger partial charge in [0, 0.05) is 29.8 Å². The van der Waals surface area contributed by atoms with E-state index in [1.54, 1.807) is 6.07 Å². The molecule has 1 aromatic heterocycles. The normalized spacial score (nSPS) is 15.1. The smallest absolute Gasteiger partial charge is 0.270 e. The van der Waals surface area contributed by atoms with Crippen LogP contribution in [0.4, 0.5) is 11.4 Å². The molecule has 0 radical (unpaired) electrons. The highest BCUT2D eigenvalue weighted by Gasteiger charge is 2.36. The van der Waals surface area contributed by atoms with Crippen LogP contribution in [-0.2, 0) is 0 Å². The molecule has 148 valence electrons. The number of nitro groups is 2. The molecule has 11 nitrogen and oxygen atoms in total. The summed E-state index contributed by atoms with van der Waals surface area (Å²) in [5.74, 6) is -0.741. The molecule has 0 bridgehead atoms. The summed E-state index contributed by atoms with van der Waals surface area (Å²) in [7, 11) is 0. The van der Waals surface area contributed by atoms with E-state index in [9.17, 15) is 25.5 Å². The molecule has 3 aromatic rings. The first-order chi connectivity index (χ1) is 14.4. The van der Waals surface area contributed by atoms with E-state index >= 15 is 0 Å². The Balaban J connectivity index is 1.91. The van der Waals surface area contributed by atoms with Crippen LogP contribution >= 0.6 is 0 Å². The Kier molecular flexibility index (Phi) is 4.36. The van der Waals surface area contributed by atoms with Gasteiger partial charge < -0.3 is 10.5 Å². The Morgan fingerprint density at radius 1 is 1.10 bits per heavy atom. The fourth-order valence-electron chi connectivity index (χ4n) is 3.36. The second-order valence-electron chi connectivity index (χ2n) is 6.40. The minimum absolute atomic E-state index is 0.101. The van der Waals surface area contributed by atoms with Crippen molar-refractivity contribution in [3.05, 3.63) is 91.3 Å². The SMILES string of the molecule is N#CC1=C(N)Oc2n[nH]c(-c3cccc([N+](=O)[O-])c3)c2C1c1ccc([N+](=O)[O-])cc1. The molecule has 0 spiro atoms. The fourth-order valence-corrected chi connectivity index (χ4v) is 3.36. The molecular weight excluding hydrogens is 392 g/mol. The molecule has 0 fully saturated rings. The molecular formula is C19H12N6O5. The maximum atomic E-state index is 11.2. The van der Waals surface area contributed by atoms with Crippen LogP contribution in [0.3, 0.4) is 0 Å². The van der Waals surface area contributed by atoms with Gasteiger partial charge in [0.25, 0.3) is 11.4 Å². The van der Waals surface area contributed by atoms with Crippen molar-refractivity contribution >= 4 is 11.4 Å². The highest BCUT2D eigenvalue weighted by Crippen LogP contribution is 2.46. The Bertz CT molecular complexity index is 1260. The van der Waals surface area contributed by atoms with E-state index < -0.39 is 15.8 Å². The van der Waals surface area contributed by atoms with E-state index in [0.29, 0.717) is 22.4 Å². The molecule has 1 unspecified atom stereocenters. The predicted molar refractivity (Wildman–Crippen MR) is 103 cm³/mol. The Labute approximate surface area is 168 Å². The first-order valence-electron chi connectivity index (χ1n) is 8.55. The number of nitrogens with zero attached hydrogens (tertiary/aromatic N) is 4. The summed E-state index contributed by atoms with van der Waals surface area (Å²) in [4.78, 5) is 21.1. The van der Waals surface area contributed by atoms with Crippen molar-refractivity contribution in [3.63, 3.8) is 0 Å². The van der Waals surface area contributed by atoms with Crippen LogP contribution < -0.4 is 10.5 Å². The third kappa shape index (κ3) is 2.98. The van der Waals surface area contributed by atoms with Crippen molar-refractivity contribution in [2.45, 2.75) is 5.92 Å². The molecule has 0 saturated carbocycles. The molecule has 0 amide bonds. The van der Waals surface area contributed by atoms with E-state index in [2.05, 4.69) is 10.2 Å². The number of nitriles is 1. The van der Waals surface area contributed by atoms with Gasteiger partial charge in [0.05, 0.1) is 27.0 Å². The summed E-state index contributed by atoms with van der Waals surface area (Å²) in [6.07, 6.45) is 0. The molecule has 2 aromatic carbocycles. The summed E-state index contributed by atoms with van der Waals surface area (Å²) in [6, 6.07) is 13.6. The van der Waals surface area contributed by atoms with Crippen molar-refractivity contribution in [1.82, 2.24) is 10.2 Å². The number of aromatic nitrogens is 2. The number of rotatable bonds is 4. The highest BCUT2D eigenvalue weighted by molar-refractivity contribution is 5.72. The second-order valence-corrected chi connectivity index (χ2v) is 6.40. The maximum absolute atomic E-state index is 11.2. The topological polar surface area (TPSA) is 174 Å². The first kappa shape index (κ1) is 18.6.